The molecule has 0 aromatic carbocycles. The molecule has 0 aromatic rings. The first-order chi connectivity index (χ1) is 7.76. The number of rotatable bonds is 6. The van der Waals surface area contributed by atoms with Crippen molar-refractivity contribution in [2.75, 3.05) is 37.7 Å². The number of hydrogen-bond donors (Lipinski definition) is 1. The van der Waals surface area contributed by atoms with Crippen LogP contribution in [-0.4, -0.2) is 52.8 Å². The van der Waals surface area contributed by atoms with Crippen molar-refractivity contribution < 1.29 is 4.21 Å². The van der Waals surface area contributed by atoms with Gasteiger partial charge in [0.2, 0.25) is 0 Å². The van der Waals surface area contributed by atoms with E-state index in [0.29, 0.717) is 6.04 Å². The highest BCUT2D eigenvalue weighted by molar-refractivity contribution is 7.84. The van der Waals surface area contributed by atoms with Gasteiger partial charge in [0.25, 0.3) is 0 Å². The summed E-state index contributed by atoms with van der Waals surface area (Å²) in [5.41, 5.74) is 0. The van der Waals surface area contributed by atoms with Crippen LogP contribution < -0.4 is 5.32 Å². The van der Waals surface area contributed by atoms with Gasteiger partial charge in [-0.2, -0.15) is 0 Å². The molecular weight excluding hydrogens is 220 g/mol. The van der Waals surface area contributed by atoms with Gasteiger partial charge < -0.3 is 10.2 Å². The standard InChI is InChI=1S/C12H26N2OS/c1-3-14-9-5-6-12(7-10-14)13-8-11-16(15)4-2/h12-13H,3-11H2,1-2H3. The Hall–Kier alpha value is 0.0700. The molecule has 2 unspecified atom stereocenters. The van der Waals surface area contributed by atoms with Gasteiger partial charge in [0, 0.05) is 34.9 Å². The van der Waals surface area contributed by atoms with Crippen molar-refractivity contribution in [3.05, 3.63) is 0 Å². The Morgan fingerprint density at radius 3 is 2.81 bits per heavy atom. The first-order valence-corrected chi connectivity index (χ1v) is 8.05. The fourth-order valence-electron chi connectivity index (χ4n) is 2.20. The first kappa shape index (κ1) is 14.1. The van der Waals surface area contributed by atoms with Gasteiger partial charge in [-0.25, -0.2) is 0 Å². The summed E-state index contributed by atoms with van der Waals surface area (Å²) >= 11 is 0. The second kappa shape index (κ2) is 8.20. The normalized spacial score (nSPS) is 25.2. The molecular formula is C12H26N2OS. The molecule has 1 aliphatic heterocycles. The van der Waals surface area contributed by atoms with Crippen LogP contribution in [0.2, 0.25) is 0 Å². The van der Waals surface area contributed by atoms with Gasteiger partial charge >= 0.3 is 0 Å². The maximum Gasteiger partial charge on any atom is 0.0360 e. The van der Waals surface area contributed by atoms with Gasteiger partial charge in [0.15, 0.2) is 0 Å². The number of nitrogens with one attached hydrogen (secondary N) is 1. The van der Waals surface area contributed by atoms with E-state index in [0.717, 1.165) is 18.1 Å². The Labute approximate surface area is 102 Å². The lowest BCUT2D eigenvalue weighted by atomic mass is 10.1. The van der Waals surface area contributed by atoms with Crippen LogP contribution >= 0.6 is 0 Å². The topological polar surface area (TPSA) is 32.3 Å². The van der Waals surface area contributed by atoms with Gasteiger partial charge in [-0.1, -0.05) is 13.8 Å². The van der Waals surface area contributed by atoms with Crippen molar-refractivity contribution in [2.45, 2.75) is 39.2 Å². The molecule has 2 atom stereocenters. The van der Waals surface area contributed by atoms with Crippen LogP contribution in [0.5, 0.6) is 0 Å². The Kier molecular flexibility index (Phi) is 7.25. The van der Waals surface area contributed by atoms with Gasteiger partial charge in [0.05, 0.1) is 0 Å². The molecule has 0 saturated carbocycles. The fraction of sp³-hybridized carbons (Fsp3) is 1.00. The molecule has 3 nitrogen and oxygen atoms in total. The Morgan fingerprint density at radius 2 is 2.12 bits per heavy atom. The summed E-state index contributed by atoms with van der Waals surface area (Å²) in [7, 11) is -0.617. The third-order valence-corrected chi connectivity index (χ3v) is 4.66. The summed E-state index contributed by atoms with van der Waals surface area (Å²) in [6.07, 6.45) is 3.81. The predicted molar refractivity (Wildman–Crippen MR) is 71.3 cm³/mol. The third kappa shape index (κ3) is 5.41. The molecule has 0 amide bonds. The zero-order chi connectivity index (χ0) is 11.8. The van der Waals surface area contributed by atoms with Gasteiger partial charge in [0.1, 0.15) is 0 Å². The molecule has 1 rings (SSSR count). The number of likely N-dealkylation sites (tertiary alicyclic amines) is 1. The summed E-state index contributed by atoms with van der Waals surface area (Å²) in [5.74, 6) is 1.60. The van der Waals surface area contributed by atoms with Crippen LogP contribution in [0.1, 0.15) is 33.1 Å². The lowest BCUT2D eigenvalue weighted by Crippen LogP contribution is -2.33. The molecule has 0 spiro atoms. The van der Waals surface area contributed by atoms with Crippen molar-refractivity contribution in [3.63, 3.8) is 0 Å². The van der Waals surface area contributed by atoms with E-state index in [1.807, 2.05) is 6.92 Å². The minimum Gasteiger partial charge on any atom is -0.313 e. The van der Waals surface area contributed by atoms with E-state index in [-0.39, 0.29) is 0 Å². The molecule has 16 heavy (non-hydrogen) atoms. The summed E-state index contributed by atoms with van der Waals surface area (Å²) in [6.45, 7) is 8.77. The van der Waals surface area contributed by atoms with E-state index in [2.05, 4.69) is 17.1 Å². The SMILES string of the molecule is CCN1CCCC(NCCS(=O)CC)CC1. The highest BCUT2D eigenvalue weighted by Crippen LogP contribution is 2.10. The molecule has 0 aliphatic carbocycles. The molecule has 0 aromatic heterocycles. The molecule has 1 fully saturated rings. The average molecular weight is 246 g/mol. The van der Waals surface area contributed by atoms with Crippen molar-refractivity contribution in [1.82, 2.24) is 10.2 Å². The van der Waals surface area contributed by atoms with Crippen molar-refractivity contribution in [1.29, 1.82) is 0 Å². The zero-order valence-corrected chi connectivity index (χ0v) is 11.5. The Morgan fingerprint density at radius 1 is 1.31 bits per heavy atom. The molecule has 4 heteroatoms. The van der Waals surface area contributed by atoms with E-state index in [4.69, 9.17) is 0 Å². The monoisotopic (exact) mass is 246 g/mol. The predicted octanol–water partition coefficient (Wildman–Crippen LogP) is 1.22. The van der Waals surface area contributed by atoms with Crippen LogP contribution in [-0.2, 0) is 10.8 Å². The van der Waals surface area contributed by atoms with Crippen molar-refractivity contribution >= 4 is 10.8 Å². The highest BCUT2D eigenvalue weighted by atomic mass is 32.2. The average Bonchev–Trinajstić information content (AvgIpc) is 2.54. The minimum atomic E-state index is -0.617. The summed E-state index contributed by atoms with van der Waals surface area (Å²) in [6, 6.07) is 0.644. The second-order valence-corrected chi connectivity index (χ2v) is 6.31. The lowest BCUT2D eigenvalue weighted by Gasteiger charge is -2.18. The van der Waals surface area contributed by atoms with Crippen LogP contribution in [0.3, 0.4) is 0 Å². The van der Waals surface area contributed by atoms with Crippen LogP contribution in [0.25, 0.3) is 0 Å². The van der Waals surface area contributed by atoms with E-state index in [1.54, 1.807) is 0 Å². The van der Waals surface area contributed by atoms with Crippen LogP contribution in [0.15, 0.2) is 0 Å². The fourth-order valence-corrected chi connectivity index (χ4v) is 2.83. The molecule has 0 bridgehead atoms. The Balaban J connectivity index is 2.15. The highest BCUT2D eigenvalue weighted by Gasteiger charge is 2.15. The van der Waals surface area contributed by atoms with E-state index in [1.165, 1.54) is 38.9 Å². The van der Waals surface area contributed by atoms with E-state index in [9.17, 15) is 4.21 Å². The molecule has 1 aliphatic rings. The molecule has 1 N–H and O–H groups in total. The first-order valence-electron chi connectivity index (χ1n) is 6.57. The lowest BCUT2D eigenvalue weighted by molar-refractivity contribution is 0.297. The van der Waals surface area contributed by atoms with Crippen molar-refractivity contribution in [3.8, 4) is 0 Å². The molecule has 1 saturated heterocycles. The van der Waals surface area contributed by atoms with Crippen molar-refractivity contribution in [2.24, 2.45) is 0 Å². The third-order valence-electron chi connectivity index (χ3n) is 3.35. The zero-order valence-electron chi connectivity index (χ0n) is 10.7. The quantitative estimate of drug-likeness (QED) is 0.765. The van der Waals surface area contributed by atoms with E-state index < -0.39 is 10.8 Å². The molecule has 1 heterocycles. The number of nitrogens with zero attached hydrogens (tertiary/aromatic N) is 1. The summed E-state index contributed by atoms with van der Waals surface area (Å²) in [4.78, 5) is 2.52. The van der Waals surface area contributed by atoms with Gasteiger partial charge in [-0.05, 0) is 38.9 Å². The maximum atomic E-state index is 11.3. The van der Waals surface area contributed by atoms with E-state index >= 15 is 0 Å². The Bertz CT molecular complexity index is 211. The largest absolute Gasteiger partial charge is 0.313 e. The molecule has 96 valence electrons. The second-order valence-electron chi connectivity index (χ2n) is 4.45. The molecule has 0 radical (unpaired) electrons. The summed E-state index contributed by atoms with van der Waals surface area (Å²) in [5, 5.41) is 3.55. The minimum absolute atomic E-state index is 0.617. The van der Waals surface area contributed by atoms with Gasteiger partial charge in [-0.3, -0.25) is 4.21 Å². The van der Waals surface area contributed by atoms with Gasteiger partial charge in [-0.15, -0.1) is 0 Å². The smallest absolute Gasteiger partial charge is 0.0360 e. The maximum absolute atomic E-state index is 11.3. The van der Waals surface area contributed by atoms with Crippen LogP contribution in [0.4, 0.5) is 0 Å². The van der Waals surface area contributed by atoms with Crippen LogP contribution in [0, 0.1) is 0 Å². The summed E-state index contributed by atoms with van der Waals surface area (Å²) < 4.78 is 11.3. The number of hydrogen-bond acceptors (Lipinski definition) is 3.